The highest BCUT2D eigenvalue weighted by Crippen LogP contribution is 2.65. The molecule has 2 aliphatic carbocycles. The second-order valence-electron chi connectivity index (χ2n) is 10.3. The Bertz CT molecular complexity index is 1710. The van der Waals surface area contributed by atoms with Crippen molar-refractivity contribution < 1.29 is 36.3 Å². The Morgan fingerprint density at radius 3 is 2.09 bits per heavy atom. The standard InChI is InChI=1S/C28H17Cl5F5N3O3/c29-14-4-2-12(39-24(43)20-19(27(20,32)33)11-1-3-15(30)16(31)9-11)10-13(14)23(42)40-18-6-5-17(34)22(21(18)35)41-25(44)26(7-8-26)28(36,37)38/h1-6,9-10,19-20H,7-8H2,(H,39,43)(H,40,42)(H,41,44)/t19-,20?/m0/s1. The molecule has 232 valence electrons. The quantitative estimate of drug-likeness (QED) is 0.169. The fourth-order valence-corrected chi connectivity index (χ4v) is 6.06. The van der Waals surface area contributed by atoms with Crippen molar-refractivity contribution in [1.82, 2.24) is 0 Å². The molecule has 0 aliphatic heterocycles. The number of hydrogen-bond acceptors (Lipinski definition) is 3. The SMILES string of the molecule is O=C(Nc1ccc(F)c(NC(=O)C2(C(F)(F)F)CC2)c1F)c1cc(NC(=O)C2[C@H](c3ccc(Cl)c(Cl)c3)C2(Cl)Cl)ccc1Cl. The minimum atomic E-state index is -4.91. The molecule has 0 bridgehead atoms. The van der Waals surface area contributed by atoms with E-state index in [0.717, 1.165) is 6.07 Å². The zero-order valence-electron chi connectivity index (χ0n) is 21.7. The van der Waals surface area contributed by atoms with Gasteiger partial charge in [0.2, 0.25) is 11.8 Å². The number of alkyl halides is 5. The molecule has 0 radical (unpaired) electrons. The summed E-state index contributed by atoms with van der Waals surface area (Å²) in [5.41, 5.74) is -4.16. The van der Waals surface area contributed by atoms with Crippen molar-refractivity contribution in [3.05, 3.63) is 86.4 Å². The molecule has 1 unspecified atom stereocenters. The highest BCUT2D eigenvalue weighted by Gasteiger charge is 2.69. The Labute approximate surface area is 271 Å². The molecule has 0 spiro atoms. The Morgan fingerprint density at radius 2 is 1.48 bits per heavy atom. The minimum absolute atomic E-state index is 0.0860. The van der Waals surface area contributed by atoms with E-state index in [1.54, 1.807) is 11.4 Å². The Kier molecular flexibility index (Phi) is 8.52. The third kappa shape index (κ3) is 5.92. The molecule has 3 aromatic carbocycles. The summed E-state index contributed by atoms with van der Waals surface area (Å²) in [5.74, 6) is -7.66. The molecular weight excluding hydrogens is 699 g/mol. The summed E-state index contributed by atoms with van der Waals surface area (Å²) < 4.78 is 67.9. The van der Waals surface area contributed by atoms with Crippen molar-refractivity contribution in [3.63, 3.8) is 0 Å². The fraction of sp³-hybridized carbons (Fsp3) is 0.250. The van der Waals surface area contributed by atoms with Crippen molar-refractivity contribution in [3.8, 4) is 0 Å². The highest BCUT2D eigenvalue weighted by molar-refractivity contribution is 6.53. The number of carbonyl (C=O) groups excluding carboxylic acids is 3. The molecule has 16 heteroatoms. The van der Waals surface area contributed by atoms with Crippen molar-refractivity contribution >= 4 is 92.8 Å². The minimum Gasteiger partial charge on any atom is -0.326 e. The van der Waals surface area contributed by atoms with Gasteiger partial charge in [0, 0.05) is 11.6 Å². The van der Waals surface area contributed by atoms with Gasteiger partial charge in [0.15, 0.2) is 5.82 Å². The van der Waals surface area contributed by atoms with Crippen LogP contribution in [0.3, 0.4) is 0 Å². The topological polar surface area (TPSA) is 87.3 Å². The van der Waals surface area contributed by atoms with Gasteiger partial charge < -0.3 is 16.0 Å². The third-order valence-electron chi connectivity index (χ3n) is 7.42. The third-order valence-corrected chi connectivity index (χ3v) is 9.43. The van der Waals surface area contributed by atoms with Gasteiger partial charge in [-0.05, 0) is 60.9 Å². The van der Waals surface area contributed by atoms with E-state index in [-0.39, 0.29) is 21.3 Å². The molecule has 2 saturated carbocycles. The average Bonchev–Trinajstić information content (AvgIpc) is 3.85. The van der Waals surface area contributed by atoms with E-state index < -0.39 is 81.3 Å². The van der Waals surface area contributed by atoms with Gasteiger partial charge in [0.1, 0.15) is 21.3 Å². The van der Waals surface area contributed by atoms with Gasteiger partial charge in [-0.1, -0.05) is 40.9 Å². The highest BCUT2D eigenvalue weighted by atomic mass is 35.5. The number of carbonyl (C=O) groups is 3. The lowest BCUT2D eigenvalue weighted by Gasteiger charge is -2.19. The van der Waals surface area contributed by atoms with Crippen LogP contribution in [0.25, 0.3) is 0 Å². The van der Waals surface area contributed by atoms with Crippen LogP contribution in [0.5, 0.6) is 0 Å². The van der Waals surface area contributed by atoms with Crippen LogP contribution in [0.15, 0.2) is 48.5 Å². The van der Waals surface area contributed by atoms with E-state index >= 15 is 4.39 Å². The lowest BCUT2D eigenvalue weighted by atomic mass is 10.1. The van der Waals surface area contributed by atoms with Crippen LogP contribution in [0.2, 0.25) is 15.1 Å². The number of amides is 3. The first-order valence-corrected chi connectivity index (χ1v) is 14.5. The summed E-state index contributed by atoms with van der Waals surface area (Å²) >= 11 is 30.9. The van der Waals surface area contributed by atoms with E-state index in [1.807, 2.05) is 0 Å². The number of nitrogens with one attached hydrogen (secondary N) is 3. The molecule has 6 nitrogen and oxygen atoms in total. The van der Waals surface area contributed by atoms with Crippen molar-refractivity contribution in [1.29, 1.82) is 0 Å². The van der Waals surface area contributed by atoms with Crippen LogP contribution in [-0.2, 0) is 9.59 Å². The zero-order chi connectivity index (χ0) is 32.4. The van der Waals surface area contributed by atoms with Gasteiger partial charge in [-0.3, -0.25) is 14.4 Å². The molecular formula is C28H17Cl5F5N3O3. The molecule has 0 heterocycles. The van der Waals surface area contributed by atoms with Crippen LogP contribution >= 0.6 is 58.0 Å². The molecule has 2 fully saturated rings. The molecule has 2 atom stereocenters. The number of rotatable bonds is 7. The maximum atomic E-state index is 15.1. The van der Waals surface area contributed by atoms with E-state index in [9.17, 15) is 31.9 Å². The van der Waals surface area contributed by atoms with Gasteiger partial charge in [0.05, 0.1) is 32.2 Å². The summed E-state index contributed by atoms with van der Waals surface area (Å²) in [4.78, 5) is 38.3. The van der Waals surface area contributed by atoms with Gasteiger partial charge >= 0.3 is 6.18 Å². The predicted octanol–water partition coefficient (Wildman–Crippen LogP) is 8.98. The average molecular weight is 716 g/mol. The van der Waals surface area contributed by atoms with Crippen LogP contribution in [0.4, 0.5) is 39.0 Å². The van der Waals surface area contributed by atoms with E-state index in [4.69, 9.17) is 58.0 Å². The molecule has 0 saturated heterocycles. The molecule has 3 aromatic rings. The summed E-state index contributed by atoms with van der Waals surface area (Å²) in [7, 11) is 0. The van der Waals surface area contributed by atoms with Crippen molar-refractivity contribution in [2.75, 3.05) is 16.0 Å². The number of halogens is 10. The van der Waals surface area contributed by atoms with Gasteiger partial charge in [-0.2, -0.15) is 13.2 Å². The molecule has 2 aliphatic rings. The molecule has 3 amide bonds. The number of hydrogen-bond donors (Lipinski definition) is 3. The fourth-order valence-electron chi connectivity index (χ4n) is 4.72. The van der Waals surface area contributed by atoms with Gasteiger partial charge in [-0.25, -0.2) is 8.78 Å². The number of anilines is 3. The van der Waals surface area contributed by atoms with Crippen LogP contribution in [0.1, 0.15) is 34.7 Å². The molecule has 5 rings (SSSR count). The first kappa shape index (κ1) is 32.6. The smallest absolute Gasteiger partial charge is 0.326 e. The number of benzene rings is 3. The van der Waals surface area contributed by atoms with Crippen LogP contribution in [-0.4, -0.2) is 28.2 Å². The maximum absolute atomic E-state index is 15.1. The maximum Gasteiger partial charge on any atom is 0.403 e. The van der Waals surface area contributed by atoms with Crippen LogP contribution < -0.4 is 16.0 Å². The second-order valence-corrected chi connectivity index (χ2v) is 12.9. The lowest BCUT2D eigenvalue weighted by molar-refractivity contribution is -0.189. The van der Waals surface area contributed by atoms with E-state index in [0.29, 0.717) is 16.7 Å². The van der Waals surface area contributed by atoms with E-state index in [1.165, 1.54) is 30.3 Å². The molecule has 3 N–H and O–H groups in total. The normalized spacial score (nSPS) is 19.6. The predicted molar refractivity (Wildman–Crippen MR) is 158 cm³/mol. The van der Waals surface area contributed by atoms with Gasteiger partial charge in [0.25, 0.3) is 5.91 Å². The van der Waals surface area contributed by atoms with Crippen molar-refractivity contribution in [2.24, 2.45) is 11.3 Å². The summed E-state index contributed by atoms with van der Waals surface area (Å²) in [6, 6.07) is 9.98. The lowest BCUT2D eigenvalue weighted by Crippen LogP contribution is -2.37. The Morgan fingerprint density at radius 1 is 0.818 bits per heavy atom. The second kappa shape index (κ2) is 11.5. The molecule has 0 aromatic heterocycles. The first-order chi connectivity index (χ1) is 20.5. The van der Waals surface area contributed by atoms with Gasteiger partial charge in [-0.15, -0.1) is 23.2 Å². The van der Waals surface area contributed by atoms with E-state index in [2.05, 4.69) is 10.6 Å². The Balaban J connectivity index is 1.31. The van der Waals surface area contributed by atoms with Crippen LogP contribution in [0, 0.1) is 23.0 Å². The summed E-state index contributed by atoms with van der Waals surface area (Å²) in [5, 5.41) is 6.81. The first-order valence-electron chi connectivity index (χ1n) is 12.6. The monoisotopic (exact) mass is 713 g/mol. The summed E-state index contributed by atoms with van der Waals surface area (Å²) in [6.45, 7) is 0. The zero-order valence-corrected chi connectivity index (χ0v) is 25.5. The largest absolute Gasteiger partial charge is 0.403 e. The Hall–Kier alpha value is -2.83. The summed E-state index contributed by atoms with van der Waals surface area (Å²) in [6.07, 6.45) is -5.96. The molecule has 44 heavy (non-hydrogen) atoms. The van der Waals surface area contributed by atoms with Crippen molar-refractivity contribution in [2.45, 2.75) is 29.3 Å².